The number of H-pyrrole nitrogens is 1. The molecule has 1 saturated heterocycles. The zero-order valence-electron chi connectivity index (χ0n) is 16.4. The van der Waals surface area contributed by atoms with E-state index >= 15 is 0 Å². The zero-order valence-corrected chi connectivity index (χ0v) is 16.4. The van der Waals surface area contributed by atoms with Crippen LogP contribution in [0.4, 0.5) is 14.5 Å². The average Bonchev–Trinajstić information content (AvgIpc) is 2.64. The van der Waals surface area contributed by atoms with E-state index in [0.717, 1.165) is 0 Å². The topological polar surface area (TPSA) is 65.6 Å². The van der Waals surface area contributed by atoms with E-state index in [0.29, 0.717) is 31.6 Å². The molecular weight excluding hydrogens is 366 g/mol. The minimum Gasteiger partial charge on any atom is -0.386 e. The highest BCUT2D eigenvalue weighted by molar-refractivity contribution is 5.95. The summed E-state index contributed by atoms with van der Waals surface area (Å²) in [7, 11) is 1.65. The molecule has 0 spiro atoms. The number of nitrogens with zero attached hydrogens (tertiary/aromatic N) is 1. The summed E-state index contributed by atoms with van der Waals surface area (Å²) >= 11 is 0. The van der Waals surface area contributed by atoms with Crippen LogP contribution in [-0.4, -0.2) is 35.9 Å². The van der Waals surface area contributed by atoms with Crippen LogP contribution in [0.15, 0.2) is 10.9 Å². The number of aliphatic hydroxyl groups is 1. The number of aromatic amines is 1. The van der Waals surface area contributed by atoms with Crippen LogP contribution in [0.1, 0.15) is 44.7 Å². The second-order valence-electron chi connectivity index (χ2n) is 8.00. The first-order valence-corrected chi connectivity index (χ1v) is 9.10. The van der Waals surface area contributed by atoms with Gasteiger partial charge in [-0.15, -0.1) is 6.42 Å². The average molecular weight is 390 g/mol. The SMILES string of the molecule is C#Cc1c(N2CCC(C)(OC)CC2)c2cc(C(C)(C)O)c(F)c(F)c2[nH]c1=O. The fourth-order valence-corrected chi connectivity index (χ4v) is 3.67. The Kier molecular flexibility index (Phi) is 4.98. The second kappa shape index (κ2) is 6.87. The van der Waals surface area contributed by atoms with Crippen LogP contribution < -0.4 is 10.5 Å². The number of piperidine rings is 1. The summed E-state index contributed by atoms with van der Waals surface area (Å²) in [4.78, 5) is 16.7. The smallest absolute Gasteiger partial charge is 0.266 e. The predicted molar refractivity (Wildman–Crippen MR) is 105 cm³/mol. The van der Waals surface area contributed by atoms with Crippen LogP contribution in [0.3, 0.4) is 0 Å². The number of ether oxygens (including phenoxy) is 1. The number of aromatic nitrogens is 1. The monoisotopic (exact) mass is 390 g/mol. The van der Waals surface area contributed by atoms with Crippen molar-refractivity contribution in [1.82, 2.24) is 4.98 Å². The van der Waals surface area contributed by atoms with Crippen LogP contribution in [-0.2, 0) is 10.3 Å². The lowest BCUT2D eigenvalue weighted by Crippen LogP contribution is -2.44. The van der Waals surface area contributed by atoms with Gasteiger partial charge in [-0.2, -0.15) is 0 Å². The van der Waals surface area contributed by atoms with E-state index in [1.54, 1.807) is 7.11 Å². The standard InChI is InChI=1S/C21H24F2N2O3/c1-6-12-18(25-9-7-21(4,28-5)8-10-25)13-11-14(20(2,3)27)15(22)16(23)17(13)24-19(12)26/h1,11,27H,7-10H2,2-5H3,(H,24,26). The number of terminal acetylenes is 1. The largest absolute Gasteiger partial charge is 0.386 e. The van der Waals surface area contributed by atoms with Gasteiger partial charge in [0.05, 0.1) is 22.4 Å². The molecule has 5 nitrogen and oxygen atoms in total. The maximum absolute atomic E-state index is 14.8. The highest BCUT2D eigenvalue weighted by Gasteiger charge is 2.33. The summed E-state index contributed by atoms with van der Waals surface area (Å²) in [5.74, 6) is -0.0216. The van der Waals surface area contributed by atoms with Crippen LogP contribution in [0, 0.1) is 24.0 Å². The van der Waals surface area contributed by atoms with Gasteiger partial charge in [0.25, 0.3) is 5.56 Å². The summed E-state index contributed by atoms with van der Waals surface area (Å²) in [6.45, 7) is 5.82. The fourth-order valence-electron chi connectivity index (χ4n) is 3.67. The van der Waals surface area contributed by atoms with Crippen molar-refractivity contribution >= 4 is 16.6 Å². The molecule has 1 aliphatic heterocycles. The number of rotatable bonds is 3. The zero-order chi connectivity index (χ0) is 20.9. The number of pyridine rings is 1. The van der Waals surface area contributed by atoms with Gasteiger partial charge in [0.2, 0.25) is 0 Å². The van der Waals surface area contributed by atoms with E-state index < -0.39 is 22.8 Å². The molecule has 28 heavy (non-hydrogen) atoms. The van der Waals surface area contributed by atoms with Crippen LogP contribution in [0.5, 0.6) is 0 Å². The van der Waals surface area contributed by atoms with Crippen molar-refractivity contribution in [2.45, 2.75) is 44.8 Å². The fraction of sp³-hybridized carbons (Fsp3) is 0.476. The quantitative estimate of drug-likeness (QED) is 0.791. The molecule has 150 valence electrons. The first-order chi connectivity index (χ1) is 13.0. The number of benzene rings is 1. The van der Waals surface area contributed by atoms with Gasteiger partial charge in [-0.3, -0.25) is 4.79 Å². The number of hydrogen-bond donors (Lipinski definition) is 2. The minimum atomic E-state index is -1.61. The molecule has 0 bridgehead atoms. The molecule has 2 heterocycles. The lowest BCUT2D eigenvalue weighted by atomic mass is 9.91. The summed E-state index contributed by atoms with van der Waals surface area (Å²) in [5, 5.41) is 10.6. The van der Waals surface area contributed by atoms with Gasteiger partial charge in [0.15, 0.2) is 11.6 Å². The van der Waals surface area contributed by atoms with Crippen molar-refractivity contribution in [2.75, 3.05) is 25.1 Å². The van der Waals surface area contributed by atoms with E-state index in [9.17, 15) is 18.7 Å². The highest BCUT2D eigenvalue weighted by atomic mass is 19.2. The third-order valence-electron chi connectivity index (χ3n) is 5.60. The van der Waals surface area contributed by atoms with Gasteiger partial charge in [0, 0.05) is 31.1 Å². The first kappa shape index (κ1) is 20.3. The predicted octanol–water partition coefficient (Wildman–Crippen LogP) is 3.02. The molecular formula is C21H24F2N2O3. The maximum Gasteiger partial charge on any atom is 0.266 e. The Labute approximate surface area is 162 Å². The Morgan fingerprint density at radius 2 is 1.93 bits per heavy atom. The van der Waals surface area contributed by atoms with Crippen molar-refractivity contribution < 1.29 is 18.6 Å². The van der Waals surface area contributed by atoms with Crippen molar-refractivity contribution in [3.8, 4) is 12.3 Å². The normalized spacial score (nSPS) is 17.0. The Hall–Kier alpha value is -2.43. The lowest BCUT2D eigenvalue weighted by Gasteiger charge is -2.40. The molecule has 0 amide bonds. The van der Waals surface area contributed by atoms with Crippen LogP contribution >= 0.6 is 0 Å². The van der Waals surface area contributed by atoms with E-state index in [2.05, 4.69) is 10.9 Å². The van der Waals surface area contributed by atoms with Gasteiger partial charge in [-0.1, -0.05) is 5.92 Å². The molecule has 1 aromatic carbocycles. The molecule has 2 aromatic rings. The first-order valence-electron chi connectivity index (χ1n) is 9.10. The summed E-state index contributed by atoms with van der Waals surface area (Å²) in [5.41, 5.74) is -2.58. The molecule has 3 rings (SSSR count). The van der Waals surface area contributed by atoms with E-state index in [-0.39, 0.29) is 27.6 Å². The van der Waals surface area contributed by atoms with Gasteiger partial charge in [0.1, 0.15) is 5.56 Å². The number of fused-ring (bicyclic) bond motifs is 1. The molecule has 0 radical (unpaired) electrons. The van der Waals surface area contributed by atoms with Crippen molar-refractivity contribution in [3.63, 3.8) is 0 Å². The number of hydrogen-bond acceptors (Lipinski definition) is 4. The number of halogens is 2. The molecule has 2 N–H and O–H groups in total. The van der Waals surface area contributed by atoms with Crippen molar-refractivity contribution in [2.24, 2.45) is 0 Å². The number of nitrogens with one attached hydrogen (secondary N) is 1. The molecule has 1 aromatic heterocycles. The second-order valence-corrected chi connectivity index (χ2v) is 8.00. The summed E-state index contributed by atoms with van der Waals surface area (Å²) < 4.78 is 34.9. The van der Waals surface area contributed by atoms with E-state index in [4.69, 9.17) is 11.2 Å². The third kappa shape index (κ3) is 3.27. The van der Waals surface area contributed by atoms with Crippen LogP contribution in [0.25, 0.3) is 10.9 Å². The maximum atomic E-state index is 14.8. The molecule has 7 heteroatoms. The minimum absolute atomic E-state index is 0.0567. The molecule has 0 unspecified atom stereocenters. The molecule has 1 aliphatic rings. The molecule has 0 atom stereocenters. The molecule has 0 saturated carbocycles. The Morgan fingerprint density at radius 1 is 1.32 bits per heavy atom. The van der Waals surface area contributed by atoms with Crippen molar-refractivity contribution in [3.05, 3.63) is 39.2 Å². The molecule has 0 aliphatic carbocycles. The number of methoxy groups -OCH3 is 1. The Balaban J connectivity index is 2.30. The van der Waals surface area contributed by atoms with Gasteiger partial charge in [-0.25, -0.2) is 8.78 Å². The Morgan fingerprint density at radius 3 is 2.43 bits per heavy atom. The number of anilines is 1. The van der Waals surface area contributed by atoms with E-state index in [1.807, 2.05) is 11.8 Å². The van der Waals surface area contributed by atoms with Gasteiger partial charge >= 0.3 is 0 Å². The van der Waals surface area contributed by atoms with Gasteiger partial charge < -0.3 is 19.7 Å². The van der Waals surface area contributed by atoms with Gasteiger partial charge in [-0.05, 0) is 39.7 Å². The highest BCUT2D eigenvalue weighted by Crippen LogP contribution is 2.37. The van der Waals surface area contributed by atoms with Crippen molar-refractivity contribution in [1.29, 1.82) is 0 Å². The summed E-state index contributed by atoms with van der Waals surface area (Å²) in [6.07, 6.45) is 6.95. The molecule has 1 fully saturated rings. The third-order valence-corrected chi connectivity index (χ3v) is 5.60. The van der Waals surface area contributed by atoms with Crippen LogP contribution in [0.2, 0.25) is 0 Å². The Bertz CT molecular complexity index is 1020. The lowest BCUT2D eigenvalue weighted by molar-refractivity contribution is -0.0132. The summed E-state index contributed by atoms with van der Waals surface area (Å²) in [6, 6.07) is 1.37. The van der Waals surface area contributed by atoms with E-state index in [1.165, 1.54) is 19.9 Å².